The van der Waals surface area contributed by atoms with Crippen LogP contribution in [0.3, 0.4) is 0 Å². The predicted molar refractivity (Wildman–Crippen MR) is 97.8 cm³/mol. The van der Waals surface area contributed by atoms with E-state index in [1.165, 1.54) is 6.20 Å². The van der Waals surface area contributed by atoms with Crippen molar-refractivity contribution >= 4 is 45.7 Å². The molecule has 0 radical (unpaired) electrons. The number of primary amides is 1. The number of halogens is 2. The molecule has 1 amide bonds. The lowest BCUT2D eigenvalue weighted by Crippen LogP contribution is -2.19. The van der Waals surface area contributed by atoms with Crippen molar-refractivity contribution < 1.29 is 4.79 Å². The highest BCUT2D eigenvalue weighted by Crippen LogP contribution is 2.37. The molecule has 0 spiro atoms. The van der Waals surface area contributed by atoms with Crippen LogP contribution in [0.2, 0.25) is 10.0 Å². The van der Waals surface area contributed by atoms with E-state index in [1.54, 1.807) is 24.4 Å². The Morgan fingerprint density at radius 3 is 2.58 bits per heavy atom. The molecule has 0 atom stereocenters. The van der Waals surface area contributed by atoms with Crippen molar-refractivity contribution in [1.82, 2.24) is 9.97 Å². The van der Waals surface area contributed by atoms with Gasteiger partial charge < -0.3 is 10.6 Å². The Bertz CT molecular complexity index is 957. The number of hydrogen-bond acceptors (Lipinski definition) is 4. The van der Waals surface area contributed by atoms with E-state index >= 15 is 0 Å². The first kappa shape index (κ1) is 16.5. The molecule has 0 saturated carbocycles. The Labute approximate surface area is 149 Å². The maximum atomic E-state index is 11.7. The normalized spacial score (nSPS) is 10.8. The summed E-state index contributed by atoms with van der Waals surface area (Å²) in [7, 11) is 3.68. The van der Waals surface area contributed by atoms with Gasteiger partial charge in [-0.25, -0.2) is 0 Å². The van der Waals surface area contributed by atoms with Crippen molar-refractivity contribution in [1.29, 1.82) is 0 Å². The van der Waals surface area contributed by atoms with Gasteiger partial charge in [0.15, 0.2) is 0 Å². The Balaban J connectivity index is 2.39. The molecule has 0 bridgehead atoms. The van der Waals surface area contributed by atoms with Crippen LogP contribution in [0, 0.1) is 0 Å². The fourth-order valence-electron chi connectivity index (χ4n) is 2.66. The van der Waals surface area contributed by atoms with Crippen molar-refractivity contribution in [3.63, 3.8) is 0 Å². The first-order chi connectivity index (χ1) is 11.4. The van der Waals surface area contributed by atoms with E-state index in [2.05, 4.69) is 9.97 Å². The van der Waals surface area contributed by atoms with E-state index in [0.29, 0.717) is 38.1 Å². The number of nitrogens with two attached hydrogens (primary N) is 1. The molecule has 1 aromatic carbocycles. The van der Waals surface area contributed by atoms with Crippen LogP contribution in [0.5, 0.6) is 0 Å². The van der Waals surface area contributed by atoms with Gasteiger partial charge in [0.1, 0.15) is 0 Å². The number of fused-ring (bicyclic) bond motifs is 1. The zero-order valence-electron chi connectivity index (χ0n) is 13.0. The molecule has 3 rings (SSSR count). The summed E-state index contributed by atoms with van der Waals surface area (Å²) in [5.41, 5.74) is 8.41. The average molecular weight is 361 g/mol. The molecule has 0 aliphatic rings. The van der Waals surface area contributed by atoms with Gasteiger partial charge >= 0.3 is 0 Å². The third-order valence-electron chi connectivity index (χ3n) is 3.68. The quantitative estimate of drug-likeness (QED) is 0.771. The standard InChI is InChI=1S/C17H14Cl2N4O/c1-23(2)16-10-6-7-21-14(9-4-3-5-12(18)13(9)19)15(10)22-8-11(16)17(20)24/h3-8H,1-2H3,(H2,20,24). The number of aromatic nitrogens is 2. The Morgan fingerprint density at radius 2 is 1.92 bits per heavy atom. The van der Waals surface area contributed by atoms with Crippen LogP contribution in [0.1, 0.15) is 10.4 Å². The molecular weight excluding hydrogens is 347 g/mol. The van der Waals surface area contributed by atoms with Crippen LogP contribution in [-0.2, 0) is 0 Å². The first-order valence-electron chi connectivity index (χ1n) is 7.11. The number of nitrogens with zero attached hydrogens (tertiary/aromatic N) is 3. The fourth-order valence-corrected chi connectivity index (χ4v) is 3.05. The molecule has 0 fully saturated rings. The van der Waals surface area contributed by atoms with Crippen molar-refractivity contribution in [2.24, 2.45) is 5.73 Å². The number of amides is 1. The smallest absolute Gasteiger partial charge is 0.252 e. The monoisotopic (exact) mass is 360 g/mol. The molecule has 0 aliphatic carbocycles. The largest absolute Gasteiger partial charge is 0.376 e. The number of anilines is 1. The van der Waals surface area contributed by atoms with Gasteiger partial charge in [0.05, 0.1) is 32.5 Å². The van der Waals surface area contributed by atoms with Crippen LogP contribution in [0.15, 0.2) is 36.7 Å². The second kappa shape index (κ2) is 6.26. The molecule has 24 heavy (non-hydrogen) atoms. The van der Waals surface area contributed by atoms with Gasteiger partial charge in [-0.15, -0.1) is 0 Å². The summed E-state index contributed by atoms with van der Waals surface area (Å²) in [6, 6.07) is 7.14. The lowest BCUT2D eigenvalue weighted by atomic mass is 10.0. The van der Waals surface area contributed by atoms with E-state index < -0.39 is 5.91 Å². The Kier molecular flexibility index (Phi) is 4.30. The maximum Gasteiger partial charge on any atom is 0.252 e. The molecule has 2 N–H and O–H groups in total. The fraction of sp³-hybridized carbons (Fsp3) is 0.118. The van der Waals surface area contributed by atoms with Gasteiger partial charge in [0.25, 0.3) is 5.91 Å². The van der Waals surface area contributed by atoms with E-state index in [9.17, 15) is 4.79 Å². The second-order valence-electron chi connectivity index (χ2n) is 5.44. The third-order valence-corrected chi connectivity index (χ3v) is 4.50. The Hall–Kier alpha value is -2.37. The van der Waals surface area contributed by atoms with Crippen molar-refractivity contribution in [3.8, 4) is 11.3 Å². The number of hydrogen-bond donors (Lipinski definition) is 1. The van der Waals surface area contributed by atoms with Crippen LogP contribution in [0.4, 0.5) is 5.69 Å². The summed E-state index contributed by atoms with van der Waals surface area (Å²) in [5, 5.41) is 1.61. The molecular formula is C17H14Cl2N4O. The summed E-state index contributed by atoms with van der Waals surface area (Å²) in [6.45, 7) is 0. The van der Waals surface area contributed by atoms with Crippen LogP contribution in [0.25, 0.3) is 22.2 Å². The molecule has 2 aromatic heterocycles. The molecule has 0 unspecified atom stereocenters. The summed E-state index contributed by atoms with van der Waals surface area (Å²) in [4.78, 5) is 22.4. The molecule has 5 nitrogen and oxygen atoms in total. The topological polar surface area (TPSA) is 72.1 Å². The molecule has 2 heterocycles. The number of carbonyl (C=O) groups excluding carboxylic acids is 1. The van der Waals surface area contributed by atoms with Crippen LogP contribution >= 0.6 is 23.2 Å². The lowest BCUT2D eigenvalue weighted by Gasteiger charge is -2.19. The Morgan fingerprint density at radius 1 is 1.17 bits per heavy atom. The van der Waals surface area contributed by atoms with Crippen LogP contribution in [-0.4, -0.2) is 30.0 Å². The lowest BCUT2D eigenvalue weighted by molar-refractivity contribution is 0.100. The third kappa shape index (κ3) is 2.66. The van der Waals surface area contributed by atoms with Crippen molar-refractivity contribution in [2.75, 3.05) is 19.0 Å². The summed E-state index contributed by atoms with van der Waals surface area (Å²) in [5.74, 6) is -0.535. The molecule has 0 aliphatic heterocycles. The first-order valence-corrected chi connectivity index (χ1v) is 7.86. The summed E-state index contributed by atoms with van der Waals surface area (Å²) < 4.78 is 0. The van der Waals surface area contributed by atoms with E-state index in [1.807, 2.05) is 25.1 Å². The van der Waals surface area contributed by atoms with Gasteiger partial charge in [0.2, 0.25) is 0 Å². The number of rotatable bonds is 3. The SMILES string of the molecule is CN(C)c1c(C(N)=O)cnc2c(-c3cccc(Cl)c3Cl)nccc12. The number of benzene rings is 1. The predicted octanol–water partition coefficient (Wildman–Crippen LogP) is 3.77. The minimum absolute atomic E-state index is 0.349. The van der Waals surface area contributed by atoms with Gasteiger partial charge in [0, 0.05) is 37.4 Å². The number of carbonyl (C=O) groups is 1. The highest BCUT2D eigenvalue weighted by atomic mass is 35.5. The van der Waals surface area contributed by atoms with Gasteiger partial charge in [-0.05, 0) is 12.1 Å². The molecule has 7 heteroatoms. The molecule has 0 saturated heterocycles. The number of pyridine rings is 2. The van der Waals surface area contributed by atoms with E-state index in [0.717, 1.165) is 5.39 Å². The highest BCUT2D eigenvalue weighted by molar-refractivity contribution is 6.43. The van der Waals surface area contributed by atoms with Gasteiger partial charge in [-0.1, -0.05) is 35.3 Å². The maximum absolute atomic E-state index is 11.7. The van der Waals surface area contributed by atoms with Crippen molar-refractivity contribution in [3.05, 3.63) is 52.3 Å². The average Bonchev–Trinajstić information content (AvgIpc) is 2.55. The summed E-state index contributed by atoms with van der Waals surface area (Å²) in [6.07, 6.45) is 3.11. The van der Waals surface area contributed by atoms with Crippen LogP contribution < -0.4 is 10.6 Å². The summed E-state index contributed by atoms with van der Waals surface area (Å²) >= 11 is 12.4. The van der Waals surface area contributed by atoms with E-state index in [4.69, 9.17) is 28.9 Å². The van der Waals surface area contributed by atoms with Gasteiger partial charge in [-0.3, -0.25) is 14.8 Å². The molecule has 122 valence electrons. The van der Waals surface area contributed by atoms with Gasteiger partial charge in [-0.2, -0.15) is 0 Å². The minimum Gasteiger partial charge on any atom is -0.376 e. The van der Waals surface area contributed by atoms with Crippen molar-refractivity contribution in [2.45, 2.75) is 0 Å². The van der Waals surface area contributed by atoms with E-state index in [-0.39, 0.29) is 0 Å². The molecule has 3 aromatic rings. The zero-order valence-corrected chi connectivity index (χ0v) is 14.6. The minimum atomic E-state index is -0.535. The zero-order chi connectivity index (χ0) is 17.4. The highest BCUT2D eigenvalue weighted by Gasteiger charge is 2.19. The second-order valence-corrected chi connectivity index (χ2v) is 6.22.